The predicted molar refractivity (Wildman–Crippen MR) is 48.9 cm³/mol. The van der Waals surface area contributed by atoms with Crippen molar-refractivity contribution < 1.29 is 9.59 Å². The Hall–Kier alpha value is -1.32. The molecular weight excluding hydrogens is 168 g/mol. The Morgan fingerprint density at radius 1 is 1.46 bits per heavy atom. The average molecular weight is 182 g/mol. The first kappa shape index (κ1) is 9.77. The summed E-state index contributed by atoms with van der Waals surface area (Å²) in [7, 11) is 1.60. The summed E-state index contributed by atoms with van der Waals surface area (Å²) in [6, 6.07) is -0.141. The molecule has 0 aromatic heterocycles. The number of amides is 2. The molecule has 2 N–H and O–H groups in total. The molecule has 0 unspecified atom stereocenters. The van der Waals surface area contributed by atoms with Crippen LogP contribution in [-0.2, 0) is 9.59 Å². The summed E-state index contributed by atoms with van der Waals surface area (Å²) in [6.45, 7) is 1.45. The van der Waals surface area contributed by atoms with Gasteiger partial charge in [-0.05, 0) is 6.42 Å². The average Bonchev–Trinajstić information content (AvgIpc) is 2.50. The summed E-state index contributed by atoms with van der Waals surface area (Å²) in [5, 5.41) is 5.30. The highest BCUT2D eigenvalue weighted by Crippen LogP contribution is 2.18. The first-order chi connectivity index (χ1) is 6.15. The number of hydrogen-bond donors (Lipinski definition) is 2. The van der Waals surface area contributed by atoms with Crippen LogP contribution < -0.4 is 10.6 Å². The van der Waals surface area contributed by atoms with Gasteiger partial charge in [0.05, 0.1) is 12.0 Å². The molecule has 0 heterocycles. The predicted octanol–water partition coefficient (Wildman–Crippen LogP) is -0.187. The second-order valence-corrected chi connectivity index (χ2v) is 3.11. The van der Waals surface area contributed by atoms with Gasteiger partial charge in [-0.25, -0.2) is 0 Å². The summed E-state index contributed by atoms with van der Waals surface area (Å²) in [4.78, 5) is 22.1. The van der Waals surface area contributed by atoms with E-state index in [0.717, 1.165) is 0 Å². The molecule has 0 radical (unpaired) electrons. The molecule has 0 bridgehead atoms. The third-order valence-electron chi connectivity index (χ3n) is 2.12. The zero-order valence-corrected chi connectivity index (χ0v) is 7.83. The van der Waals surface area contributed by atoms with Gasteiger partial charge in [0.25, 0.3) is 0 Å². The number of hydrogen-bond acceptors (Lipinski definition) is 2. The van der Waals surface area contributed by atoms with Gasteiger partial charge >= 0.3 is 0 Å². The van der Waals surface area contributed by atoms with Crippen molar-refractivity contribution in [3.63, 3.8) is 0 Å². The maximum absolute atomic E-state index is 11.3. The lowest BCUT2D eigenvalue weighted by atomic mass is 10.0. The van der Waals surface area contributed by atoms with Crippen LogP contribution in [0.4, 0.5) is 0 Å². The highest BCUT2D eigenvalue weighted by Gasteiger charge is 2.28. The Morgan fingerprint density at radius 2 is 2.15 bits per heavy atom. The molecule has 4 nitrogen and oxygen atoms in total. The van der Waals surface area contributed by atoms with E-state index in [1.165, 1.54) is 6.92 Å². The molecule has 0 saturated carbocycles. The molecule has 1 rings (SSSR count). The third kappa shape index (κ3) is 2.31. The van der Waals surface area contributed by atoms with E-state index < -0.39 is 0 Å². The van der Waals surface area contributed by atoms with Crippen molar-refractivity contribution in [2.45, 2.75) is 19.4 Å². The minimum absolute atomic E-state index is 0.0243. The summed E-state index contributed by atoms with van der Waals surface area (Å²) in [5.41, 5.74) is 0. The molecule has 0 aliphatic heterocycles. The third-order valence-corrected chi connectivity index (χ3v) is 2.12. The summed E-state index contributed by atoms with van der Waals surface area (Å²) in [6.07, 6.45) is 4.48. The number of carbonyl (C=O) groups is 2. The van der Waals surface area contributed by atoms with Gasteiger partial charge in [-0.15, -0.1) is 0 Å². The largest absolute Gasteiger partial charge is 0.359 e. The van der Waals surface area contributed by atoms with Crippen LogP contribution in [0.25, 0.3) is 0 Å². The molecule has 2 atom stereocenters. The minimum Gasteiger partial charge on any atom is -0.359 e. The van der Waals surface area contributed by atoms with Crippen molar-refractivity contribution >= 4 is 11.8 Å². The zero-order chi connectivity index (χ0) is 9.84. The molecule has 1 aliphatic rings. The van der Waals surface area contributed by atoms with E-state index >= 15 is 0 Å². The summed E-state index contributed by atoms with van der Waals surface area (Å²) < 4.78 is 0. The van der Waals surface area contributed by atoms with Crippen molar-refractivity contribution in [2.24, 2.45) is 5.92 Å². The number of rotatable bonds is 2. The molecule has 0 fully saturated rings. The van der Waals surface area contributed by atoms with Gasteiger partial charge in [-0.2, -0.15) is 0 Å². The van der Waals surface area contributed by atoms with Crippen LogP contribution in [0.3, 0.4) is 0 Å². The molecule has 1 aliphatic carbocycles. The van der Waals surface area contributed by atoms with Crippen LogP contribution >= 0.6 is 0 Å². The molecule has 4 heteroatoms. The maximum Gasteiger partial charge on any atom is 0.225 e. The van der Waals surface area contributed by atoms with E-state index in [0.29, 0.717) is 6.42 Å². The minimum atomic E-state index is -0.145. The second-order valence-electron chi connectivity index (χ2n) is 3.11. The lowest BCUT2D eigenvalue weighted by Crippen LogP contribution is -2.42. The smallest absolute Gasteiger partial charge is 0.225 e. The van der Waals surface area contributed by atoms with Gasteiger partial charge in [0.2, 0.25) is 11.8 Å². The van der Waals surface area contributed by atoms with Crippen LogP contribution in [0.15, 0.2) is 12.2 Å². The number of allylic oxidation sites excluding steroid dienone is 1. The van der Waals surface area contributed by atoms with E-state index in [9.17, 15) is 9.59 Å². The van der Waals surface area contributed by atoms with E-state index in [1.807, 2.05) is 12.2 Å². The second kappa shape index (κ2) is 4.07. The van der Waals surface area contributed by atoms with Gasteiger partial charge < -0.3 is 10.6 Å². The van der Waals surface area contributed by atoms with Crippen molar-refractivity contribution in [3.05, 3.63) is 12.2 Å². The van der Waals surface area contributed by atoms with Gasteiger partial charge in [-0.3, -0.25) is 9.59 Å². The fraction of sp³-hybridized carbons (Fsp3) is 0.556. The van der Waals surface area contributed by atoms with Crippen LogP contribution in [0.1, 0.15) is 13.3 Å². The molecule has 0 spiro atoms. The Balaban J connectivity index is 2.57. The first-order valence-electron chi connectivity index (χ1n) is 4.30. The van der Waals surface area contributed by atoms with Gasteiger partial charge in [0.15, 0.2) is 0 Å². The first-order valence-corrected chi connectivity index (χ1v) is 4.30. The Bertz CT molecular complexity index is 248. The Morgan fingerprint density at radius 3 is 2.69 bits per heavy atom. The van der Waals surface area contributed by atoms with Crippen LogP contribution in [0.2, 0.25) is 0 Å². The molecule has 0 aromatic rings. The standard InChI is InChI=1S/C9H14N2O2/c1-6(12)11-8-5-3-4-7(8)9(13)10-2/h3,5,7-8H,4H2,1-2H3,(H,10,13)(H,11,12)/t7-,8+/m0/s1. The van der Waals surface area contributed by atoms with Crippen LogP contribution in [0.5, 0.6) is 0 Å². The normalized spacial score (nSPS) is 25.7. The lowest BCUT2D eigenvalue weighted by molar-refractivity contribution is -0.125. The van der Waals surface area contributed by atoms with E-state index in [2.05, 4.69) is 10.6 Å². The highest BCUT2D eigenvalue weighted by molar-refractivity contribution is 5.82. The zero-order valence-electron chi connectivity index (χ0n) is 7.83. The Labute approximate surface area is 77.4 Å². The quantitative estimate of drug-likeness (QED) is 0.582. The van der Waals surface area contributed by atoms with Crippen molar-refractivity contribution in [2.75, 3.05) is 7.05 Å². The fourth-order valence-corrected chi connectivity index (χ4v) is 1.49. The Kier molecular flexibility index (Phi) is 3.06. The molecule has 0 saturated heterocycles. The lowest BCUT2D eigenvalue weighted by Gasteiger charge is -2.17. The van der Waals surface area contributed by atoms with Crippen molar-refractivity contribution in [1.82, 2.24) is 10.6 Å². The van der Waals surface area contributed by atoms with Crippen molar-refractivity contribution in [3.8, 4) is 0 Å². The van der Waals surface area contributed by atoms with Gasteiger partial charge in [0, 0.05) is 14.0 Å². The molecule has 13 heavy (non-hydrogen) atoms. The SMILES string of the molecule is CNC(=O)[C@H]1CC=C[C@H]1NC(C)=O. The van der Waals surface area contributed by atoms with Crippen molar-refractivity contribution in [1.29, 1.82) is 0 Å². The van der Waals surface area contributed by atoms with Gasteiger partial charge in [0.1, 0.15) is 0 Å². The number of nitrogens with one attached hydrogen (secondary N) is 2. The topological polar surface area (TPSA) is 58.2 Å². The number of carbonyl (C=O) groups excluding carboxylic acids is 2. The van der Waals surface area contributed by atoms with Crippen LogP contribution in [-0.4, -0.2) is 24.9 Å². The summed E-state index contributed by atoms with van der Waals surface area (Å²) >= 11 is 0. The summed E-state index contributed by atoms with van der Waals surface area (Å²) in [5.74, 6) is -0.275. The van der Waals surface area contributed by atoms with E-state index in [-0.39, 0.29) is 23.8 Å². The highest BCUT2D eigenvalue weighted by atomic mass is 16.2. The monoisotopic (exact) mass is 182 g/mol. The van der Waals surface area contributed by atoms with E-state index in [1.54, 1.807) is 7.05 Å². The fourth-order valence-electron chi connectivity index (χ4n) is 1.49. The molecule has 2 amide bonds. The molecule has 0 aromatic carbocycles. The molecular formula is C9H14N2O2. The van der Waals surface area contributed by atoms with Crippen LogP contribution in [0, 0.1) is 5.92 Å². The van der Waals surface area contributed by atoms with Gasteiger partial charge in [-0.1, -0.05) is 12.2 Å². The molecule has 72 valence electrons. The maximum atomic E-state index is 11.3. The van der Waals surface area contributed by atoms with E-state index in [4.69, 9.17) is 0 Å².